The molecule has 1 aromatic heterocycles. The molecule has 1 heterocycles. The number of benzene rings is 2. The fraction of sp³-hybridized carbons (Fsp3) is 0.136. The van der Waals surface area contributed by atoms with Gasteiger partial charge in [0.15, 0.2) is 5.78 Å². The molecular weight excluding hydrogens is 443 g/mol. The molecule has 1 N–H and O–H groups in total. The van der Waals surface area contributed by atoms with Crippen LogP contribution in [0.5, 0.6) is 0 Å². The van der Waals surface area contributed by atoms with Crippen molar-refractivity contribution in [2.75, 3.05) is 0 Å². The van der Waals surface area contributed by atoms with Crippen LogP contribution in [0.15, 0.2) is 77.8 Å². The van der Waals surface area contributed by atoms with E-state index in [0.717, 1.165) is 17.8 Å². The third kappa shape index (κ3) is 6.44. The third-order valence-corrected chi connectivity index (χ3v) is 5.89. The topological polar surface area (TPSA) is 93.2 Å². The minimum atomic E-state index is -3.86. The average molecular weight is 461 g/mol. The predicted octanol–water partition coefficient (Wildman–Crippen LogP) is 3.30. The van der Waals surface area contributed by atoms with Crippen molar-refractivity contribution in [1.29, 1.82) is 0 Å². The summed E-state index contributed by atoms with van der Waals surface area (Å²) in [7, 11) is 1.45. The fourth-order valence-corrected chi connectivity index (χ4v) is 3.70. The number of halogens is 2. The minimum Gasteiger partial charge on any atom is -0.341 e. The van der Waals surface area contributed by atoms with Crippen LogP contribution in [-0.4, -0.2) is 31.1 Å². The van der Waals surface area contributed by atoms with Crippen LogP contribution in [0.2, 0.25) is 0 Å². The molecule has 0 aliphatic heterocycles. The van der Waals surface area contributed by atoms with Gasteiger partial charge in [0, 0.05) is 17.1 Å². The second-order valence-electron chi connectivity index (χ2n) is 6.80. The van der Waals surface area contributed by atoms with E-state index >= 15 is 0 Å². The first-order chi connectivity index (χ1) is 14.7. The Balaban J connectivity index is 1.78. The summed E-state index contributed by atoms with van der Waals surface area (Å²) in [6.45, 7) is 0. The van der Waals surface area contributed by atoms with Gasteiger partial charge < -0.3 is 5.32 Å². The van der Waals surface area contributed by atoms with E-state index in [1.807, 2.05) is 30.3 Å². The largest absolute Gasteiger partial charge is 0.341 e. The summed E-state index contributed by atoms with van der Waals surface area (Å²) in [6, 6.07) is 16.3. The standard InChI is InChI=1S/C22H18ClFN2O4S/c23-31(29,30)18-9-6-16(7-10-18)13-21(27)20(12-15-4-2-1-3-5-15)26-22(28)19-11-8-17(24)14-25-19/h1-11,14,20H,12-13H2,(H,26,28)/t20-/m0/s1. The van der Waals surface area contributed by atoms with E-state index in [1.54, 1.807) is 0 Å². The highest BCUT2D eigenvalue weighted by atomic mass is 35.7. The Labute approximate surface area is 183 Å². The molecule has 0 aliphatic rings. The van der Waals surface area contributed by atoms with Crippen LogP contribution < -0.4 is 5.32 Å². The Morgan fingerprint density at radius 1 is 0.968 bits per heavy atom. The second kappa shape index (κ2) is 9.80. The number of nitrogens with one attached hydrogen (secondary N) is 1. The van der Waals surface area contributed by atoms with Crippen LogP contribution in [0, 0.1) is 5.82 Å². The van der Waals surface area contributed by atoms with Gasteiger partial charge in [0.1, 0.15) is 11.5 Å². The van der Waals surface area contributed by atoms with Gasteiger partial charge in [-0.15, -0.1) is 0 Å². The maximum Gasteiger partial charge on any atom is 0.270 e. The molecule has 0 bridgehead atoms. The molecule has 0 unspecified atom stereocenters. The Hall–Kier alpha value is -3.10. The van der Waals surface area contributed by atoms with Gasteiger partial charge in [-0.2, -0.15) is 0 Å². The van der Waals surface area contributed by atoms with E-state index < -0.39 is 26.8 Å². The molecule has 31 heavy (non-hydrogen) atoms. The first kappa shape index (κ1) is 22.6. The number of aromatic nitrogens is 1. The lowest BCUT2D eigenvalue weighted by atomic mass is 9.97. The fourth-order valence-electron chi connectivity index (χ4n) is 2.93. The molecule has 0 aliphatic carbocycles. The molecule has 0 saturated heterocycles. The summed E-state index contributed by atoms with van der Waals surface area (Å²) in [5, 5.41) is 2.67. The number of rotatable bonds is 8. The number of carbonyl (C=O) groups is 2. The molecule has 1 amide bonds. The number of carbonyl (C=O) groups excluding carboxylic acids is 2. The zero-order valence-electron chi connectivity index (χ0n) is 16.2. The number of pyridine rings is 1. The van der Waals surface area contributed by atoms with E-state index in [2.05, 4.69) is 10.3 Å². The quantitative estimate of drug-likeness (QED) is 0.520. The zero-order chi connectivity index (χ0) is 22.4. The van der Waals surface area contributed by atoms with Crippen molar-refractivity contribution in [2.24, 2.45) is 0 Å². The predicted molar refractivity (Wildman–Crippen MR) is 114 cm³/mol. The highest BCUT2D eigenvalue weighted by Gasteiger charge is 2.23. The summed E-state index contributed by atoms with van der Waals surface area (Å²) < 4.78 is 35.8. The lowest BCUT2D eigenvalue weighted by Gasteiger charge is -2.18. The molecule has 3 rings (SSSR count). The molecule has 0 saturated carbocycles. The molecule has 1 atom stereocenters. The average Bonchev–Trinajstić information content (AvgIpc) is 2.74. The van der Waals surface area contributed by atoms with Crippen molar-refractivity contribution in [3.8, 4) is 0 Å². The van der Waals surface area contributed by atoms with Gasteiger partial charge in [0.2, 0.25) is 0 Å². The van der Waals surface area contributed by atoms with E-state index in [0.29, 0.717) is 5.56 Å². The van der Waals surface area contributed by atoms with Crippen molar-refractivity contribution in [1.82, 2.24) is 10.3 Å². The monoisotopic (exact) mass is 460 g/mol. The van der Waals surface area contributed by atoms with Crippen LogP contribution in [0.3, 0.4) is 0 Å². The van der Waals surface area contributed by atoms with Crippen LogP contribution in [0.25, 0.3) is 0 Å². The van der Waals surface area contributed by atoms with Gasteiger partial charge in [0.25, 0.3) is 15.0 Å². The van der Waals surface area contributed by atoms with E-state index in [-0.39, 0.29) is 29.2 Å². The summed E-state index contributed by atoms with van der Waals surface area (Å²) in [5.74, 6) is -1.45. The SMILES string of the molecule is O=C(N[C@@H](Cc1ccccc1)C(=O)Cc1ccc(S(=O)(=O)Cl)cc1)c1ccc(F)cn1. The van der Waals surface area contributed by atoms with Gasteiger partial charge >= 0.3 is 0 Å². The first-order valence-electron chi connectivity index (χ1n) is 9.25. The summed E-state index contributed by atoms with van der Waals surface area (Å²) >= 11 is 0. The normalized spacial score (nSPS) is 12.2. The lowest BCUT2D eigenvalue weighted by molar-refractivity contribution is -0.120. The number of nitrogens with zero attached hydrogens (tertiary/aromatic N) is 1. The van der Waals surface area contributed by atoms with Gasteiger partial charge in [-0.25, -0.2) is 17.8 Å². The second-order valence-corrected chi connectivity index (χ2v) is 9.37. The van der Waals surface area contributed by atoms with Crippen molar-refractivity contribution in [3.63, 3.8) is 0 Å². The Morgan fingerprint density at radius 2 is 1.65 bits per heavy atom. The summed E-state index contributed by atoms with van der Waals surface area (Å²) in [5.41, 5.74) is 1.40. The molecule has 0 radical (unpaired) electrons. The highest BCUT2D eigenvalue weighted by molar-refractivity contribution is 8.13. The summed E-state index contributed by atoms with van der Waals surface area (Å²) in [4.78, 5) is 29.2. The van der Waals surface area contributed by atoms with Crippen molar-refractivity contribution in [2.45, 2.75) is 23.8 Å². The number of hydrogen-bond acceptors (Lipinski definition) is 5. The third-order valence-electron chi connectivity index (χ3n) is 4.52. The van der Waals surface area contributed by atoms with Crippen molar-refractivity contribution >= 4 is 31.4 Å². The molecule has 0 spiro atoms. The molecule has 9 heteroatoms. The van der Waals surface area contributed by atoms with Gasteiger partial charge in [-0.1, -0.05) is 42.5 Å². The van der Waals surface area contributed by atoms with Gasteiger partial charge in [-0.05, 0) is 41.8 Å². The molecule has 6 nitrogen and oxygen atoms in total. The number of Topliss-reactive ketones (excluding diaryl/α,β-unsaturated/α-hetero) is 1. The van der Waals surface area contributed by atoms with Crippen LogP contribution in [-0.2, 0) is 26.7 Å². The number of hydrogen-bond donors (Lipinski definition) is 1. The zero-order valence-corrected chi connectivity index (χ0v) is 17.7. The molecule has 0 fully saturated rings. The van der Waals surface area contributed by atoms with Crippen LogP contribution >= 0.6 is 10.7 Å². The van der Waals surface area contributed by atoms with Crippen molar-refractivity contribution in [3.05, 3.63) is 95.6 Å². The van der Waals surface area contributed by atoms with E-state index in [9.17, 15) is 22.4 Å². The van der Waals surface area contributed by atoms with E-state index in [1.165, 1.54) is 30.3 Å². The Kier molecular flexibility index (Phi) is 7.14. The minimum absolute atomic E-state index is 0.0102. The maximum atomic E-state index is 13.1. The van der Waals surface area contributed by atoms with Gasteiger partial charge in [-0.3, -0.25) is 9.59 Å². The number of amides is 1. The van der Waals surface area contributed by atoms with Crippen LogP contribution in [0.4, 0.5) is 4.39 Å². The maximum absolute atomic E-state index is 13.1. The lowest BCUT2D eigenvalue weighted by Crippen LogP contribution is -2.43. The summed E-state index contributed by atoms with van der Waals surface area (Å²) in [6.07, 6.45) is 1.15. The number of ketones is 1. The highest BCUT2D eigenvalue weighted by Crippen LogP contribution is 2.16. The molecule has 160 valence electrons. The first-order valence-corrected chi connectivity index (χ1v) is 11.6. The van der Waals surface area contributed by atoms with Crippen molar-refractivity contribution < 1.29 is 22.4 Å². The van der Waals surface area contributed by atoms with Gasteiger partial charge in [0.05, 0.1) is 17.1 Å². The molecule has 2 aromatic carbocycles. The Bertz CT molecular complexity index is 1170. The smallest absolute Gasteiger partial charge is 0.270 e. The molecular formula is C22H18ClFN2O4S. The molecule has 3 aromatic rings. The van der Waals surface area contributed by atoms with Crippen LogP contribution in [0.1, 0.15) is 21.6 Å². The Morgan fingerprint density at radius 3 is 2.23 bits per heavy atom. The van der Waals surface area contributed by atoms with E-state index in [4.69, 9.17) is 10.7 Å².